The van der Waals surface area contributed by atoms with Crippen LogP contribution in [-0.4, -0.2) is 6.10 Å². The van der Waals surface area contributed by atoms with Gasteiger partial charge in [-0.3, -0.25) is 0 Å². The van der Waals surface area contributed by atoms with E-state index in [1.807, 2.05) is 12.1 Å². The summed E-state index contributed by atoms with van der Waals surface area (Å²) >= 11 is 0. The van der Waals surface area contributed by atoms with Gasteiger partial charge in [0.05, 0.1) is 5.41 Å². The zero-order valence-electron chi connectivity index (χ0n) is 34.9. The van der Waals surface area contributed by atoms with Gasteiger partial charge in [-0.05, 0) is 116 Å². The van der Waals surface area contributed by atoms with E-state index < -0.39 is 5.41 Å². The lowest BCUT2D eigenvalue weighted by Gasteiger charge is -2.50. The van der Waals surface area contributed by atoms with E-state index in [1.54, 1.807) is 0 Å². The van der Waals surface area contributed by atoms with Gasteiger partial charge in [0.25, 0.3) is 0 Å². The highest BCUT2D eigenvalue weighted by atomic mass is 16.5. The van der Waals surface area contributed by atoms with E-state index in [2.05, 4.69) is 229 Å². The maximum atomic E-state index is 7.07. The van der Waals surface area contributed by atoms with Crippen LogP contribution in [0.4, 0.5) is 11.4 Å². The number of nitrogens with zero attached hydrogens (tertiary/aromatic N) is 1. The van der Waals surface area contributed by atoms with Gasteiger partial charge in [-0.2, -0.15) is 0 Å². The molecule has 2 unspecified atom stereocenters. The third-order valence-electron chi connectivity index (χ3n) is 13.8. The van der Waals surface area contributed by atoms with Crippen LogP contribution in [0.3, 0.4) is 0 Å². The Hall–Kier alpha value is -8.14. The highest BCUT2D eigenvalue weighted by Gasteiger charge is 2.54. The number of benzene rings is 9. The second kappa shape index (κ2) is 14.5. The molecule has 3 nitrogen and oxygen atoms in total. The topological polar surface area (TPSA) is 25.6 Å². The lowest BCUT2D eigenvalue weighted by atomic mass is 9.57. The summed E-state index contributed by atoms with van der Waals surface area (Å²) in [6.45, 7) is 0. The Labute approximate surface area is 372 Å². The molecule has 0 fully saturated rings. The third-order valence-corrected chi connectivity index (χ3v) is 13.8. The lowest BCUT2D eigenvalue weighted by Crippen LogP contribution is -2.49. The van der Waals surface area contributed by atoms with Crippen molar-refractivity contribution in [3.63, 3.8) is 0 Å². The molecule has 0 radical (unpaired) electrons. The minimum Gasteiger partial charge on any atom is -0.485 e. The predicted molar refractivity (Wildman–Crippen MR) is 262 cm³/mol. The Morgan fingerprint density at radius 2 is 0.922 bits per heavy atom. The molecule has 3 aliphatic rings. The maximum absolute atomic E-state index is 7.07. The molecule has 0 saturated heterocycles. The minimum absolute atomic E-state index is 0.111. The molecule has 3 heteroatoms. The number of ether oxygens (including phenoxy) is 1. The van der Waals surface area contributed by atoms with Crippen LogP contribution >= 0.6 is 0 Å². The van der Waals surface area contributed by atoms with Crippen LogP contribution in [0, 0.1) is 5.92 Å². The quantitative estimate of drug-likeness (QED) is 0.173. The molecule has 64 heavy (non-hydrogen) atoms. The molecule has 1 aromatic heterocycles. The van der Waals surface area contributed by atoms with Crippen molar-refractivity contribution in [3.05, 3.63) is 259 Å². The fourth-order valence-corrected chi connectivity index (χ4v) is 11.0. The molecular formula is C61H41NO2. The molecular weight excluding hydrogens is 779 g/mol. The van der Waals surface area contributed by atoms with Crippen molar-refractivity contribution < 1.29 is 9.15 Å². The van der Waals surface area contributed by atoms with Gasteiger partial charge in [0.1, 0.15) is 23.0 Å². The standard InChI is InChI=1S/C61H41NO2/c1-2-14-40(15-3-1)41-26-31-44(32-27-41)62(45-33-28-42(29-34-45)43-30-36-52-51-20-8-12-24-57(51)63-60(52)38-43)46-35-37-59-56(39-46)61(55-23-11-13-25-58(55)64-59)53-21-9-6-18-49(53)47-16-4-5-17-48(47)50-19-7-10-22-54(50)61/h1-39,56,59H. The molecule has 2 heterocycles. The first-order chi connectivity index (χ1) is 31.7. The first kappa shape index (κ1) is 36.5. The fraction of sp³-hybridized carbons (Fsp3) is 0.0492. The van der Waals surface area contributed by atoms with Gasteiger partial charge in [-0.15, -0.1) is 0 Å². The number of fused-ring (bicyclic) bond motifs is 14. The molecule has 10 aromatic rings. The number of para-hydroxylation sites is 2. The number of rotatable bonds is 5. The summed E-state index contributed by atoms with van der Waals surface area (Å²) in [7, 11) is 0. The molecule has 0 saturated carbocycles. The Morgan fingerprint density at radius 3 is 1.61 bits per heavy atom. The SMILES string of the molecule is C1=CC2Oc3ccccc3C3(c4ccccc4-c4ccccc4-c4ccccc43)C2C=C1N(c1ccc(-c2ccccc2)cc1)c1ccc(-c2ccc3c(c2)oc2ccccc23)cc1. The molecule has 0 amide bonds. The molecule has 302 valence electrons. The van der Waals surface area contributed by atoms with Gasteiger partial charge in [-0.25, -0.2) is 0 Å². The van der Waals surface area contributed by atoms with E-state index in [1.165, 1.54) is 50.1 Å². The molecule has 9 aromatic carbocycles. The van der Waals surface area contributed by atoms with Crippen LogP contribution in [-0.2, 0) is 5.41 Å². The summed E-state index contributed by atoms with van der Waals surface area (Å²) in [4.78, 5) is 2.41. The number of hydrogen-bond donors (Lipinski definition) is 0. The van der Waals surface area contributed by atoms with E-state index in [0.717, 1.165) is 55.9 Å². The molecule has 1 spiro atoms. The number of anilines is 2. The minimum atomic E-state index is -0.594. The average Bonchev–Trinajstić information content (AvgIpc) is 3.70. The van der Waals surface area contributed by atoms with Crippen molar-refractivity contribution in [1.82, 2.24) is 0 Å². The van der Waals surface area contributed by atoms with E-state index in [9.17, 15) is 0 Å². The Kier molecular flexibility index (Phi) is 8.26. The monoisotopic (exact) mass is 819 g/mol. The van der Waals surface area contributed by atoms with Crippen LogP contribution in [0.2, 0.25) is 0 Å². The summed E-state index contributed by atoms with van der Waals surface area (Å²) < 4.78 is 13.4. The van der Waals surface area contributed by atoms with Crippen LogP contribution in [0.25, 0.3) is 66.4 Å². The molecule has 2 atom stereocenters. The predicted octanol–water partition coefficient (Wildman–Crippen LogP) is 15.6. The van der Waals surface area contributed by atoms with Crippen LogP contribution in [0.15, 0.2) is 247 Å². The van der Waals surface area contributed by atoms with Gasteiger partial charge in [0.2, 0.25) is 0 Å². The summed E-state index contributed by atoms with van der Waals surface area (Å²) in [5.41, 5.74) is 17.8. The number of hydrogen-bond acceptors (Lipinski definition) is 3. The summed E-state index contributed by atoms with van der Waals surface area (Å²) in [5.74, 6) is 0.811. The van der Waals surface area contributed by atoms with Gasteiger partial charge in [-0.1, -0.05) is 176 Å². The zero-order valence-corrected chi connectivity index (χ0v) is 34.9. The molecule has 2 aliphatic carbocycles. The van der Waals surface area contributed by atoms with Crippen molar-refractivity contribution in [3.8, 4) is 50.3 Å². The fourth-order valence-electron chi connectivity index (χ4n) is 11.0. The lowest BCUT2D eigenvalue weighted by molar-refractivity contribution is 0.139. The molecule has 0 N–H and O–H groups in total. The smallest absolute Gasteiger partial charge is 0.136 e. The van der Waals surface area contributed by atoms with Gasteiger partial charge >= 0.3 is 0 Å². The second-order valence-electron chi connectivity index (χ2n) is 17.1. The van der Waals surface area contributed by atoms with Crippen molar-refractivity contribution >= 4 is 33.3 Å². The molecule has 1 aliphatic heterocycles. The van der Waals surface area contributed by atoms with Gasteiger partial charge in [0, 0.05) is 39.3 Å². The highest BCUT2D eigenvalue weighted by Crippen LogP contribution is 2.61. The van der Waals surface area contributed by atoms with Crippen molar-refractivity contribution in [2.75, 3.05) is 4.90 Å². The molecule has 0 bridgehead atoms. The number of furan rings is 1. The Balaban J connectivity index is 1.00. The summed E-state index contributed by atoms with van der Waals surface area (Å²) in [6, 6.07) is 79.1. The van der Waals surface area contributed by atoms with Crippen molar-refractivity contribution in [2.24, 2.45) is 5.92 Å². The third kappa shape index (κ3) is 5.54. The summed E-state index contributed by atoms with van der Waals surface area (Å²) in [6.07, 6.45) is 6.83. The van der Waals surface area contributed by atoms with Crippen LogP contribution in [0.5, 0.6) is 5.75 Å². The molecule has 13 rings (SSSR count). The summed E-state index contributed by atoms with van der Waals surface area (Å²) in [5, 5.41) is 2.27. The maximum Gasteiger partial charge on any atom is 0.136 e. The number of allylic oxidation sites excluding steroid dienone is 1. The van der Waals surface area contributed by atoms with E-state index in [-0.39, 0.29) is 12.0 Å². The first-order valence-corrected chi connectivity index (χ1v) is 22.1. The Bertz CT molecular complexity index is 3420. The second-order valence-corrected chi connectivity index (χ2v) is 17.1. The van der Waals surface area contributed by atoms with Gasteiger partial charge < -0.3 is 14.1 Å². The first-order valence-electron chi connectivity index (χ1n) is 22.1. The van der Waals surface area contributed by atoms with Crippen molar-refractivity contribution in [2.45, 2.75) is 11.5 Å². The van der Waals surface area contributed by atoms with Gasteiger partial charge in [0.15, 0.2) is 0 Å². The van der Waals surface area contributed by atoms with Crippen LogP contribution in [0.1, 0.15) is 16.7 Å². The highest BCUT2D eigenvalue weighted by molar-refractivity contribution is 6.06. The van der Waals surface area contributed by atoms with Crippen LogP contribution < -0.4 is 9.64 Å². The largest absolute Gasteiger partial charge is 0.485 e. The van der Waals surface area contributed by atoms with E-state index in [4.69, 9.17) is 9.15 Å². The van der Waals surface area contributed by atoms with Crippen molar-refractivity contribution in [1.29, 1.82) is 0 Å². The normalized spacial score (nSPS) is 16.4. The Morgan fingerprint density at radius 1 is 0.406 bits per heavy atom. The zero-order chi connectivity index (χ0) is 42.2. The van der Waals surface area contributed by atoms with E-state index >= 15 is 0 Å². The average molecular weight is 820 g/mol. The van der Waals surface area contributed by atoms with E-state index in [0.29, 0.717) is 0 Å².